The van der Waals surface area contributed by atoms with Gasteiger partial charge in [0, 0.05) is 0 Å². The van der Waals surface area contributed by atoms with Crippen molar-refractivity contribution in [3.63, 3.8) is 0 Å². The molecule has 0 bridgehead atoms. The highest BCUT2D eigenvalue weighted by Crippen LogP contribution is 2.15. The van der Waals surface area contributed by atoms with Crippen LogP contribution in [-0.4, -0.2) is 51.3 Å². The summed E-state index contributed by atoms with van der Waals surface area (Å²) in [6.07, 6.45) is -5.36. The zero-order valence-corrected chi connectivity index (χ0v) is 10.5. The number of benzene rings is 1. The zero-order valence-electron chi connectivity index (χ0n) is 10.5. The SMILES string of the molecule is Cc1cccc(N(N)C(=O)[C@@H](O)[C@@H](O)[C@H](O)CO)c1. The first-order chi connectivity index (χ1) is 8.88. The fraction of sp³-hybridized carbons (Fsp3) is 0.417. The highest BCUT2D eigenvalue weighted by Gasteiger charge is 2.32. The Hall–Kier alpha value is -1.51. The van der Waals surface area contributed by atoms with Crippen molar-refractivity contribution in [2.75, 3.05) is 11.6 Å². The lowest BCUT2D eigenvalue weighted by atomic mass is 10.1. The molecular formula is C12H18N2O5. The maximum absolute atomic E-state index is 11.8. The highest BCUT2D eigenvalue weighted by atomic mass is 16.4. The lowest BCUT2D eigenvalue weighted by molar-refractivity contribution is -0.139. The number of nitrogens with two attached hydrogens (primary N) is 1. The van der Waals surface area contributed by atoms with Gasteiger partial charge in [-0.1, -0.05) is 12.1 Å². The van der Waals surface area contributed by atoms with E-state index in [0.29, 0.717) is 10.7 Å². The van der Waals surface area contributed by atoms with E-state index in [9.17, 15) is 20.1 Å². The lowest BCUT2D eigenvalue weighted by Crippen LogP contribution is -2.52. The minimum absolute atomic E-state index is 0.342. The van der Waals surface area contributed by atoms with E-state index >= 15 is 0 Å². The second kappa shape index (κ2) is 6.60. The summed E-state index contributed by atoms with van der Waals surface area (Å²) in [5, 5.41) is 37.5. The normalized spacial score (nSPS) is 15.7. The maximum Gasteiger partial charge on any atom is 0.272 e. The number of rotatable bonds is 5. The molecule has 0 aliphatic rings. The van der Waals surface area contributed by atoms with Crippen LogP contribution in [0.5, 0.6) is 0 Å². The Morgan fingerprint density at radius 3 is 2.53 bits per heavy atom. The minimum Gasteiger partial charge on any atom is -0.394 e. The molecule has 1 amide bonds. The van der Waals surface area contributed by atoms with Crippen molar-refractivity contribution in [3.8, 4) is 0 Å². The smallest absolute Gasteiger partial charge is 0.272 e. The number of aliphatic hydroxyl groups excluding tert-OH is 4. The zero-order chi connectivity index (χ0) is 14.6. The van der Waals surface area contributed by atoms with Gasteiger partial charge in [0.05, 0.1) is 12.3 Å². The van der Waals surface area contributed by atoms with Crippen LogP contribution in [0.2, 0.25) is 0 Å². The molecule has 1 aromatic rings. The summed E-state index contributed by atoms with van der Waals surface area (Å²) in [5.74, 6) is 4.58. The van der Waals surface area contributed by atoms with Crippen molar-refractivity contribution in [2.45, 2.75) is 25.2 Å². The number of aryl methyl sites for hydroxylation is 1. The number of amides is 1. The van der Waals surface area contributed by atoms with Crippen LogP contribution < -0.4 is 10.9 Å². The first-order valence-electron chi connectivity index (χ1n) is 5.69. The fourth-order valence-corrected chi connectivity index (χ4v) is 1.51. The molecule has 0 fully saturated rings. The largest absolute Gasteiger partial charge is 0.394 e. The first-order valence-corrected chi connectivity index (χ1v) is 5.69. The van der Waals surface area contributed by atoms with E-state index in [1.54, 1.807) is 18.2 Å². The third kappa shape index (κ3) is 3.72. The quantitative estimate of drug-likeness (QED) is 0.246. The van der Waals surface area contributed by atoms with Crippen LogP contribution in [0.25, 0.3) is 0 Å². The summed E-state index contributed by atoms with van der Waals surface area (Å²) in [5.41, 5.74) is 1.21. The molecule has 0 saturated heterocycles. The van der Waals surface area contributed by atoms with Crippen molar-refractivity contribution < 1.29 is 25.2 Å². The fourth-order valence-electron chi connectivity index (χ4n) is 1.51. The number of hydrogen-bond acceptors (Lipinski definition) is 6. The Bertz CT molecular complexity index is 440. The molecule has 0 unspecified atom stereocenters. The van der Waals surface area contributed by atoms with Crippen molar-refractivity contribution >= 4 is 11.6 Å². The average molecular weight is 270 g/mol. The Labute approximate surface area is 110 Å². The van der Waals surface area contributed by atoms with E-state index < -0.39 is 30.8 Å². The van der Waals surface area contributed by atoms with Crippen LogP contribution in [0.4, 0.5) is 5.69 Å². The predicted octanol–water partition coefficient (Wildman–Crippen LogP) is -1.72. The number of nitrogens with zero attached hydrogens (tertiary/aromatic N) is 1. The molecule has 7 nitrogen and oxygen atoms in total. The number of anilines is 1. The van der Waals surface area contributed by atoms with Crippen LogP contribution >= 0.6 is 0 Å². The van der Waals surface area contributed by atoms with E-state index in [0.717, 1.165) is 5.56 Å². The Kier molecular flexibility index (Phi) is 5.40. The van der Waals surface area contributed by atoms with Gasteiger partial charge in [-0.3, -0.25) is 4.79 Å². The van der Waals surface area contributed by atoms with E-state index in [1.807, 2.05) is 13.0 Å². The van der Waals surface area contributed by atoms with Crippen LogP contribution in [0.1, 0.15) is 5.56 Å². The standard InChI is InChI=1S/C12H18N2O5/c1-7-3-2-4-8(5-7)14(13)12(19)11(18)10(17)9(16)6-15/h2-5,9-11,15-18H,6,13H2,1H3/t9-,10+,11+/m1/s1. The van der Waals surface area contributed by atoms with Gasteiger partial charge in [0.25, 0.3) is 5.91 Å². The van der Waals surface area contributed by atoms with Crippen LogP contribution in [0, 0.1) is 6.92 Å². The Morgan fingerprint density at radius 1 is 1.37 bits per heavy atom. The summed E-state index contributed by atoms with van der Waals surface area (Å²) in [4.78, 5) is 11.8. The first kappa shape index (κ1) is 15.5. The minimum atomic E-state index is -1.92. The number of hydrazine groups is 1. The molecule has 1 rings (SSSR count). The van der Waals surface area contributed by atoms with Gasteiger partial charge in [-0.15, -0.1) is 0 Å². The third-order valence-corrected chi connectivity index (χ3v) is 2.68. The molecule has 7 heteroatoms. The number of carbonyl (C=O) groups is 1. The molecule has 6 N–H and O–H groups in total. The molecular weight excluding hydrogens is 252 g/mol. The summed E-state index contributed by atoms with van der Waals surface area (Å²) >= 11 is 0. The van der Waals surface area contributed by atoms with Gasteiger partial charge in [-0.05, 0) is 24.6 Å². The third-order valence-electron chi connectivity index (χ3n) is 2.68. The second-order valence-corrected chi connectivity index (χ2v) is 4.23. The number of hydrogen-bond donors (Lipinski definition) is 5. The molecule has 0 aliphatic heterocycles. The van der Waals surface area contributed by atoms with Gasteiger partial charge >= 0.3 is 0 Å². The van der Waals surface area contributed by atoms with E-state index in [1.165, 1.54) is 0 Å². The second-order valence-electron chi connectivity index (χ2n) is 4.23. The number of carbonyl (C=O) groups excluding carboxylic acids is 1. The molecule has 3 atom stereocenters. The van der Waals surface area contributed by atoms with Gasteiger partial charge in [0.15, 0.2) is 6.10 Å². The van der Waals surface area contributed by atoms with Crippen molar-refractivity contribution in [3.05, 3.63) is 29.8 Å². The molecule has 0 aliphatic carbocycles. The van der Waals surface area contributed by atoms with Crippen LogP contribution in [-0.2, 0) is 4.79 Å². The molecule has 0 spiro atoms. The van der Waals surface area contributed by atoms with Crippen LogP contribution in [0.3, 0.4) is 0 Å². The van der Waals surface area contributed by atoms with Gasteiger partial charge in [-0.2, -0.15) is 0 Å². The van der Waals surface area contributed by atoms with Crippen molar-refractivity contribution in [1.82, 2.24) is 0 Å². The maximum atomic E-state index is 11.8. The Balaban J connectivity index is 2.82. The summed E-state index contributed by atoms with van der Waals surface area (Å²) in [6.45, 7) is 1.03. The monoisotopic (exact) mass is 270 g/mol. The predicted molar refractivity (Wildman–Crippen MR) is 68.0 cm³/mol. The summed E-state index contributed by atoms with van der Waals surface area (Å²) < 4.78 is 0. The van der Waals surface area contributed by atoms with Gasteiger partial charge in [0.2, 0.25) is 0 Å². The molecule has 0 radical (unpaired) electrons. The summed E-state index contributed by atoms with van der Waals surface area (Å²) in [7, 11) is 0. The van der Waals surface area contributed by atoms with Crippen LogP contribution in [0.15, 0.2) is 24.3 Å². The molecule has 19 heavy (non-hydrogen) atoms. The highest BCUT2D eigenvalue weighted by molar-refractivity contribution is 5.95. The molecule has 0 aromatic heterocycles. The van der Waals surface area contributed by atoms with E-state index in [4.69, 9.17) is 10.9 Å². The van der Waals surface area contributed by atoms with E-state index in [2.05, 4.69) is 0 Å². The van der Waals surface area contributed by atoms with Gasteiger partial charge in [0.1, 0.15) is 12.2 Å². The van der Waals surface area contributed by atoms with E-state index in [-0.39, 0.29) is 0 Å². The lowest BCUT2D eigenvalue weighted by Gasteiger charge is -2.25. The van der Waals surface area contributed by atoms with Crippen molar-refractivity contribution in [2.24, 2.45) is 5.84 Å². The molecule has 106 valence electrons. The molecule has 1 aromatic carbocycles. The summed E-state index contributed by atoms with van der Waals surface area (Å²) in [6, 6.07) is 6.68. The molecule has 0 saturated carbocycles. The van der Waals surface area contributed by atoms with Crippen molar-refractivity contribution in [1.29, 1.82) is 0 Å². The number of aliphatic hydroxyl groups is 4. The molecule has 0 heterocycles. The average Bonchev–Trinajstić information content (AvgIpc) is 2.43. The van der Waals surface area contributed by atoms with Gasteiger partial charge < -0.3 is 20.4 Å². The van der Waals surface area contributed by atoms with Gasteiger partial charge in [-0.25, -0.2) is 10.9 Å². The Morgan fingerprint density at radius 2 is 2.00 bits per heavy atom. The topological polar surface area (TPSA) is 127 Å².